The molecule has 1 aromatic carbocycles. The molecule has 4 nitrogen and oxygen atoms in total. The first kappa shape index (κ1) is 11.6. The minimum atomic E-state index is -0.389. The van der Waals surface area contributed by atoms with Gasteiger partial charge in [0.25, 0.3) is 0 Å². The molecule has 1 aromatic rings. The van der Waals surface area contributed by atoms with E-state index in [1.807, 2.05) is 0 Å². The third-order valence-electron chi connectivity index (χ3n) is 1.10. The predicted octanol–water partition coefficient (Wildman–Crippen LogP) is 0.139. The van der Waals surface area contributed by atoms with Crippen LogP contribution < -0.4 is 0 Å². The van der Waals surface area contributed by atoms with Crippen LogP contribution in [0.25, 0.3) is 0 Å². The molecule has 0 aliphatic carbocycles. The zero-order chi connectivity index (χ0) is 10.1. The van der Waals surface area contributed by atoms with Crippen LogP contribution in [-0.4, -0.2) is 29.2 Å². The van der Waals surface area contributed by atoms with Crippen molar-refractivity contribution in [2.45, 2.75) is 0 Å². The van der Waals surface area contributed by atoms with Crippen molar-refractivity contribution in [3.05, 3.63) is 35.6 Å². The number of rotatable bonds is 1. The molecule has 69 valence electrons. The van der Waals surface area contributed by atoms with E-state index in [0.717, 1.165) is 6.21 Å². The highest BCUT2D eigenvalue weighted by Gasteiger charge is 1.94. The van der Waals surface area contributed by atoms with Crippen molar-refractivity contribution < 1.29 is 19.6 Å². The highest BCUT2D eigenvalue weighted by atomic mass is 19.1. The Balaban J connectivity index is 0.000000424. The zero-order valence-electron chi connectivity index (χ0n) is 6.63. The molecule has 0 heterocycles. The van der Waals surface area contributed by atoms with E-state index in [2.05, 4.69) is 5.16 Å². The summed E-state index contributed by atoms with van der Waals surface area (Å²) >= 11 is 0. The summed E-state index contributed by atoms with van der Waals surface area (Å²) in [5.74, 6) is -0.389. The van der Waals surface area contributed by atoms with Crippen molar-refractivity contribution in [3.63, 3.8) is 0 Å². The van der Waals surface area contributed by atoms with E-state index >= 15 is 0 Å². The number of oxime groups is 1. The number of hydrogen-bond acceptors (Lipinski definition) is 4. The Morgan fingerprint density at radius 1 is 1.31 bits per heavy atom. The summed E-state index contributed by atoms with van der Waals surface area (Å²) in [5, 5.41) is 24.7. The lowest BCUT2D eigenvalue weighted by Crippen LogP contribution is -1.85. The molecular weight excluding hydrogens is 176 g/mol. The SMILES string of the molecule is ON=Cc1ccccc1F.O[B]O. The Morgan fingerprint density at radius 3 is 2.31 bits per heavy atom. The van der Waals surface area contributed by atoms with Crippen LogP contribution in [0.2, 0.25) is 0 Å². The molecule has 0 bridgehead atoms. The van der Waals surface area contributed by atoms with Crippen molar-refractivity contribution in [2.75, 3.05) is 0 Å². The standard InChI is InChI=1S/C7H6FNO.BH2O2/c8-7-4-2-1-3-6(7)5-9-10;2-1-3/h1-5,10H;2-3H. The fraction of sp³-hybridized carbons (Fsp3) is 0. The number of hydrogen-bond donors (Lipinski definition) is 3. The van der Waals surface area contributed by atoms with Crippen LogP contribution in [0.1, 0.15) is 5.56 Å². The third kappa shape index (κ3) is 4.94. The average Bonchev–Trinajstić information content (AvgIpc) is 2.11. The van der Waals surface area contributed by atoms with Crippen molar-refractivity contribution >= 4 is 13.9 Å². The van der Waals surface area contributed by atoms with Gasteiger partial charge in [-0.25, -0.2) is 4.39 Å². The lowest BCUT2D eigenvalue weighted by Gasteiger charge is -1.90. The summed E-state index contributed by atoms with van der Waals surface area (Å²) in [7, 11) is 0. The molecule has 0 unspecified atom stereocenters. The molecular formula is C7H8BFNO3. The monoisotopic (exact) mass is 184 g/mol. The van der Waals surface area contributed by atoms with E-state index in [-0.39, 0.29) is 19.1 Å². The Hall–Kier alpha value is -1.40. The smallest absolute Gasteiger partial charge is 0.429 e. The molecule has 0 aromatic heterocycles. The van der Waals surface area contributed by atoms with Crippen LogP contribution in [0.5, 0.6) is 0 Å². The van der Waals surface area contributed by atoms with Crippen LogP contribution in [0.3, 0.4) is 0 Å². The molecule has 1 radical (unpaired) electrons. The Labute approximate surface area is 75.3 Å². The van der Waals surface area contributed by atoms with E-state index < -0.39 is 0 Å². The van der Waals surface area contributed by atoms with E-state index in [4.69, 9.17) is 15.3 Å². The summed E-state index contributed by atoms with van der Waals surface area (Å²) in [5.41, 5.74) is 0.282. The normalized spacial score (nSPS) is 9.15. The van der Waals surface area contributed by atoms with Crippen LogP contribution in [-0.2, 0) is 0 Å². The molecule has 3 N–H and O–H groups in total. The lowest BCUT2D eigenvalue weighted by atomic mass is 10.2. The third-order valence-corrected chi connectivity index (χ3v) is 1.10. The second kappa shape index (κ2) is 7.26. The number of nitrogens with zero attached hydrogens (tertiary/aromatic N) is 1. The molecule has 0 saturated carbocycles. The lowest BCUT2D eigenvalue weighted by molar-refractivity contribution is 0.321. The first-order valence-corrected chi connectivity index (χ1v) is 3.28. The molecule has 0 amide bonds. The average molecular weight is 184 g/mol. The number of halogens is 1. The maximum Gasteiger partial charge on any atom is 0.482 e. The van der Waals surface area contributed by atoms with E-state index in [1.54, 1.807) is 12.1 Å². The molecule has 6 heteroatoms. The van der Waals surface area contributed by atoms with Gasteiger partial charge in [-0.2, -0.15) is 0 Å². The fourth-order valence-corrected chi connectivity index (χ4v) is 0.642. The zero-order valence-corrected chi connectivity index (χ0v) is 6.63. The summed E-state index contributed by atoms with van der Waals surface area (Å²) < 4.78 is 12.6. The summed E-state index contributed by atoms with van der Waals surface area (Å²) in [4.78, 5) is 0. The van der Waals surface area contributed by atoms with Crippen LogP contribution in [0.15, 0.2) is 29.4 Å². The minimum absolute atomic E-state index is 0. The molecule has 13 heavy (non-hydrogen) atoms. The Morgan fingerprint density at radius 2 is 1.85 bits per heavy atom. The molecule has 0 aliphatic rings. The predicted molar refractivity (Wildman–Crippen MR) is 46.0 cm³/mol. The van der Waals surface area contributed by atoms with E-state index in [9.17, 15) is 4.39 Å². The molecule has 0 spiro atoms. The molecule has 0 aliphatic heterocycles. The highest BCUT2D eigenvalue weighted by molar-refractivity contribution is 6.13. The van der Waals surface area contributed by atoms with Crippen LogP contribution in [0.4, 0.5) is 4.39 Å². The molecule has 0 saturated heterocycles. The first-order valence-electron chi connectivity index (χ1n) is 3.28. The van der Waals surface area contributed by atoms with Gasteiger partial charge in [-0.15, -0.1) is 0 Å². The van der Waals surface area contributed by atoms with Gasteiger partial charge in [0.15, 0.2) is 0 Å². The van der Waals surface area contributed by atoms with Crippen molar-refractivity contribution in [2.24, 2.45) is 5.16 Å². The van der Waals surface area contributed by atoms with Gasteiger partial charge < -0.3 is 15.3 Å². The molecule has 0 atom stereocenters. The van der Waals surface area contributed by atoms with Gasteiger partial charge in [-0.3, -0.25) is 0 Å². The van der Waals surface area contributed by atoms with Crippen molar-refractivity contribution in [3.8, 4) is 0 Å². The summed E-state index contributed by atoms with van der Waals surface area (Å²) in [6.45, 7) is 0. The van der Waals surface area contributed by atoms with Crippen molar-refractivity contribution in [1.82, 2.24) is 0 Å². The van der Waals surface area contributed by atoms with Crippen LogP contribution >= 0.6 is 0 Å². The molecule has 0 fully saturated rings. The Bertz CT molecular complexity index is 270. The van der Waals surface area contributed by atoms with E-state index in [0.29, 0.717) is 0 Å². The minimum Gasteiger partial charge on any atom is -0.429 e. The fourth-order valence-electron chi connectivity index (χ4n) is 0.642. The highest BCUT2D eigenvalue weighted by Crippen LogP contribution is 2.02. The van der Waals surface area contributed by atoms with Gasteiger partial charge in [0, 0.05) is 5.56 Å². The van der Waals surface area contributed by atoms with E-state index in [1.165, 1.54) is 12.1 Å². The topological polar surface area (TPSA) is 73.1 Å². The largest absolute Gasteiger partial charge is 0.482 e. The molecule has 1 rings (SSSR count). The van der Waals surface area contributed by atoms with Gasteiger partial charge >= 0.3 is 7.69 Å². The van der Waals surface area contributed by atoms with Crippen molar-refractivity contribution in [1.29, 1.82) is 0 Å². The summed E-state index contributed by atoms with van der Waals surface area (Å²) in [6, 6.07) is 6.07. The first-order chi connectivity index (χ1) is 6.26. The second-order valence-corrected chi connectivity index (χ2v) is 1.88. The van der Waals surface area contributed by atoms with Gasteiger partial charge in [0.2, 0.25) is 0 Å². The maximum atomic E-state index is 12.6. The summed E-state index contributed by atoms with van der Waals surface area (Å²) in [6.07, 6.45) is 1.05. The maximum absolute atomic E-state index is 12.6. The Kier molecular flexibility index (Phi) is 6.49. The van der Waals surface area contributed by atoms with Gasteiger partial charge in [-0.1, -0.05) is 23.4 Å². The van der Waals surface area contributed by atoms with Gasteiger partial charge in [-0.05, 0) is 6.07 Å². The van der Waals surface area contributed by atoms with Gasteiger partial charge in [0.1, 0.15) is 5.82 Å². The quantitative estimate of drug-likeness (QED) is 0.251. The van der Waals surface area contributed by atoms with Gasteiger partial charge in [0.05, 0.1) is 6.21 Å². The second-order valence-electron chi connectivity index (χ2n) is 1.88. The van der Waals surface area contributed by atoms with Crippen LogP contribution in [0, 0.1) is 5.82 Å². The number of benzene rings is 1.